The molecule has 18 heavy (non-hydrogen) atoms. The molecule has 0 amide bonds. The Balaban J connectivity index is 2.28. The highest BCUT2D eigenvalue weighted by Crippen LogP contribution is 2.22. The van der Waals surface area contributed by atoms with E-state index in [2.05, 4.69) is 4.98 Å². The predicted octanol–water partition coefficient (Wildman–Crippen LogP) is 4.31. The summed E-state index contributed by atoms with van der Waals surface area (Å²) in [6, 6.07) is 9.66. The van der Waals surface area contributed by atoms with Crippen molar-refractivity contribution in [1.82, 2.24) is 4.98 Å². The number of alkyl halides is 1. The van der Waals surface area contributed by atoms with Gasteiger partial charge in [0.15, 0.2) is 0 Å². The number of halogens is 2. The molecule has 0 atom stereocenters. The van der Waals surface area contributed by atoms with Gasteiger partial charge in [0.05, 0.1) is 0 Å². The number of nitrogens with zero attached hydrogens (tertiary/aromatic N) is 1. The first-order valence-corrected chi connectivity index (χ1v) is 6.24. The summed E-state index contributed by atoms with van der Waals surface area (Å²) >= 11 is 5.81. The summed E-state index contributed by atoms with van der Waals surface area (Å²) in [4.78, 5) is 4.32. The highest BCUT2D eigenvalue weighted by Gasteiger charge is 2.04. The molecule has 0 aliphatic heterocycles. The van der Waals surface area contributed by atoms with Crippen molar-refractivity contribution < 1.29 is 9.13 Å². The fraction of sp³-hybridized carbons (Fsp3) is 0.214. The molecule has 2 aromatic rings. The summed E-state index contributed by atoms with van der Waals surface area (Å²) in [6.07, 6.45) is 0.796. The van der Waals surface area contributed by atoms with Crippen LogP contribution in [-0.2, 0) is 12.3 Å². The SMILES string of the molecule is CCc1cc(CCl)cc(Oc2cccc(F)c2)n1. The van der Waals surface area contributed by atoms with Gasteiger partial charge in [0.1, 0.15) is 11.6 Å². The number of ether oxygens (including phenoxy) is 1. The van der Waals surface area contributed by atoms with E-state index in [4.69, 9.17) is 16.3 Å². The average Bonchev–Trinajstić information content (AvgIpc) is 2.38. The van der Waals surface area contributed by atoms with Crippen molar-refractivity contribution >= 4 is 11.6 Å². The Bertz CT molecular complexity index is 523. The zero-order chi connectivity index (χ0) is 13.0. The molecule has 0 fully saturated rings. The van der Waals surface area contributed by atoms with Crippen LogP contribution in [0.1, 0.15) is 18.2 Å². The van der Waals surface area contributed by atoms with Crippen molar-refractivity contribution in [1.29, 1.82) is 0 Å². The van der Waals surface area contributed by atoms with Crippen molar-refractivity contribution in [2.45, 2.75) is 19.2 Å². The molecule has 0 saturated carbocycles. The van der Waals surface area contributed by atoms with Crippen molar-refractivity contribution in [2.24, 2.45) is 0 Å². The van der Waals surface area contributed by atoms with Crippen LogP contribution in [0.5, 0.6) is 11.6 Å². The Morgan fingerprint density at radius 1 is 1.28 bits per heavy atom. The molecule has 1 aromatic carbocycles. The van der Waals surface area contributed by atoms with Crippen molar-refractivity contribution in [2.75, 3.05) is 0 Å². The Hall–Kier alpha value is -1.61. The third kappa shape index (κ3) is 3.20. The Morgan fingerprint density at radius 2 is 2.11 bits per heavy atom. The molecule has 1 heterocycles. The lowest BCUT2D eigenvalue weighted by molar-refractivity contribution is 0.455. The number of hydrogen-bond donors (Lipinski definition) is 0. The lowest BCUT2D eigenvalue weighted by Gasteiger charge is -2.08. The largest absolute Gasteiger partial charge is 0.439 e. The van der Waals surface area contributed by atoms with Gasteiger partial charge in [-0.15, -0.1) is 11.6 Å². The molecule has 2 nitrogen and oxygen atoms in total. The minimum atomic E-state index is -0.336. The van der Waals surface area contributed by atoms with Crippen LogP contribution in [0, 0.1) is 5.82 Å². The first kappa shape index (κ1) is 12.8. The molecule has 0 bridgehead atoms. The average molecular weight is 266 g/mol. The highest BCUT2D eigenvalue weighted by molar-refractivity contribution is 6.17. The van der Waals surface area contributed by atoms with E-state index in [0.717, 1.165) is 17.7 Å². The molecule has 0 spiro atoms. The smallest absolute Gasteiger partial charge is 0.219 e. The van der Waals surface area contributed by atoms with Crippen molar-refractivity contribution in [3.63, 3.8) is 0 Å². The number of aromatic nitrogens is 1. The van der Waals surface area contributed by atoms with E-state index in [9.17, 15) is 4.39 Å². The van der Waals surface area contributed by atoms with Crippen LogP contribution in [0.15, 0.2) is 36.4 Å². The summed E-state index contributed by atoms with van der Waals surface area (Å²) in [5.41, 5.74) is 1.84. The van der Waals surface area contributed by atoms with Crippen LogP contribution in [0.3, 0.4) is 0 Å². The van der Waals surface area contributed by atoms with Crippen LogP contribution in [-0.4, -0.2) is 4.98 Å². The van der Waals surface area contributed by atoms with E-state index in [1.807, 2.05) is 13.0 Å². The van der Waals surface area contributed by atoms with Gasteiger partial charge < -0.3 is 4.74 Å². The van der Waals surface area contributed by atoms with Crippen LogP contribution >= 0.6 is 11.6 Å². The van der Waals surface area contributed by atoms with Crippen LogP contribution in [0.4, 0.5) is 4.39 Å². The highest BCUT2D eigenvalue weighted by atomic mass is 35.5. The molecule has 0 saturated heterocycles. The number of benzene rings is 1. The Morgan fingerprint density at radius 3 is 2.78 bits per heavy atom. The fourth-order valence-electron chi connectivity index (χ4n) is 1.58. The van der Waals surface area contributed by atoms with E-state index >= 15 is 0 Å². The fourth-order valence-corrected chi connectivity index (χ4v) is 1.74. The lowest BCUT2D eigenvalue weighted by atomic mass is 10.2. The normalized spacial score (nSPS) is 10.4. The second kappa shape index (κ2) is 5.83. The minimum Gasteiger partial charge on any atom is -0.439 e. The molecule has 4 heteroatoms. The molecule has 0 unspecified atom stereocenters. The van der Waals surface area contributed by atoms with E-state index in [1.165, 1.54) is 12.1 Å². The summed E-state index contributed by atoms with van der Waals surface area (Å²) in [7, 11) is 0. The Kier molecular flexibility index (Phi) is 4.15. The van der Waals surface area contributed by atoms with Crippen molar-refractivity contribution in [3.8, 4) is 11.6 Å². The van der Waals surface area contributed by atoms with Gasteiger partial charge in [0.25, 0.3) is 0 Å². The summed E-state index contributed by atoms with van der Waals surface area (Å²) in [5, 5.41) is 0. The first-order chi connectivity index (χ1) is 8.71. The van der Waals surface area contributed by atoms with Gasteiger partial charge in [0.2, 0.25) is 5.88 Å². The molecular weight excluding hydrogens is 253 g/mol. The van der Waals surface area contributed by atoms with E-state index in [-0.39, 0.29) is 5.82 Å². The maximum absolute atomic E-state index is 13.0. The number of pyridine rings is 1. The number of hydrogen-bond acceptors (Lipinski definition) is 2. The second-order valence-electron chi connectivity index (χ2n) is 3.85. The number of rotatable bonds is 4. The minimum absolute atomic E-state index is 0.336. The van der Waals surface area contributed by atoms with E-state index in [1.54, 1.807) is 18.2 Å². The standard InChI is InChI=1S/C14H13ClFNO/c1-2-12-6-10(9-15)7-14(17-12)18-13-5-3-4-11(16)8-13/h3-8H,2,9H2,1H3. The predicted molar refractivity (Wildman–Crippen MR) is 69.6 cm³/mol. The van der Waals surface area contributed by atoms with Crippen LogP contribution in [0.2, 0.25) is 0 Å². The second-order valence-corrected chi connectivity index (χ2v) is 4.12. The molecular formula is C14H13ClFNO. The molecule has 0 aliphatic carbocycles. The third-order valence-electron chi connectivity index (χ3n) is 2.45. The Labute approximate surface area is 110 Å². The molecule has 0 N–H and O–H groups in total. The van der Waals surface area contributed by atoms with E-state index in [0.29, 0.717) is 17.5 Å². The van der Waals surface area contributed by atoms with Gasteiger partial charge in [-0.05, 0) is 30.2 Å². The summed E-state index contributed by atoms with van der Waals surface area (Å²) < 4.78 is 18.6. The zero-order valence-corrected chi connectivity index (χ0v) is 10.7. The summed E-state index contributed by atoms with van der Waals surface area (Å²) in [6.45, 7) is 2.01. The summed E-state index contributed by atoms with van der Waals surface area (Å²) in [5.74, 6) is 0.929. The maximum Gasteiger partial charge on any atom is 0.219 e. The topological polar surface area (TPSA) is 22.1 Å². The number of aryl methyl sites for hydroxylation is 1. The molecule has 2 rings (SSSR count). The van der Waals surface area contributed by atoms with Gasteiger partial charge >= 0.3 is 0 Å². The van der Waals surface area contributed by atoms with Gasteiger partial charge in [-0.2, -0.15) is 0 Å². The monoisotopic (exact) mass is 265 g/mol. The molecule has 0 radical (unpaired) electrons. The van der Waals surface area contributed by atoms with Gasteiger partial charge in [-0.25, -0.2) is 9.37 Å². The van der Waals surface area contributed by atoms with Crippen LogP contribution in [0.25, 0.3) is 0 Å². The van der Waals surface area contributed by atoms with Crippen molar-refractivity contribution in [3.05, 3.63) is 53.5 Å². The lowest BCUT2D eigenvalue weighted by Crippen LogP contribution is -1.95. The zero-order valence-electron chi connectivity index (χ0n) is 9.99. The van der Waals surface area contributed by atoms with E-state index < -0.39 is 0 Å². The van der Waals surface area contributed by atoms with Crippen LogP contribution < -0.4 is 4.74 Å². The molecule has 1 aromatic heterocycles. The quantitative estimate of drug-likeness (QED) is 0.769. The van der Waals surface area contributed by atoms with Gasteiger partial charge in [0, 0.05) is 23.7 Å². The molecule has 94 valence electrons. The maximum atomic E-state index is 13.0. The molecule has 0 aliphatic rings. The first-order valence-electron chi connectivity index (χ1n) is 5.70. The van der Waals surface area contributed by atoms with Gasteiger partial charge in [-0.1, -0.05) is 13.0 Å². The third-order valence-corrected chi connectivity index (χ3v) is 2.76. The van der Waals surface area contributed by atoms with Gasteiger partial charge in [-0.3, -0.25) is 0 Å².